The summed E-state index contributed by atoms with van der Waals surface area (Å²) in [6.07, 6.45) is 1.92. The number of ether oxygens (including phenoxy) is 1. The van der Waals surface area contributed by atoms with Gasteiger partial charge in [0.1, 0.15) is 0 Å². The van der Waals surface area contributed by atoms with Gasteiger partial charge in [0.25, 0.3) is 0 Å². The SMILES string of the molecule is CCNCC(C)S(=O)(=O)NCCC1CCOC1. The summed E-state index contributed by atoms with van der Waals surface area (Å²) in [6, 6.07) is 0. The van der Waals surface area contributed by atoms with Crippen LogP contribution in [0, 0.1) is 5.92 Å². The van der Waals surface area contributed by atoms with Gasteiger partial charge in [-0.15, -0.1) is 0 Å². The van der Waals surface area contributed by atoms with E-state index in [2.05, 4.69) is 10.0 Å². The molecule has 1 saturated heterocycles. The third kappa shape index (κ3) is 5.33. The van der Waals surface area contributed by atoms with Gasteiger partial charge in [-0.3, -0.25) is 0 Å². The van der Waals surface area contributed by atoms with Gasteiger partial charge in [-0.25, -0.2) is 13.1 Å². The summed E-state index contributed by atoms with van der Waals surface area (Å²) in [5.74, 6) is 0.516. The first kappa shape index (κ1) is 14.9. The number of rotatable bonds is 8. The van der Waals surface area contributed by atoms with Gasteiger partial charge in [0, 0.05) is 26.3 Å². The van der Waals surface area contributed by atoms with Crippen molar-refractivity contribution < 1.29 is 13.2 Å². The largest absolute Gasteiger partial charge is 0.381 e. The Morgan fingerprint density at radius 3 is 2.82 bits per heavy atom. The van der Waals surface area contributed by atoms with Gasteiger partial charge in [-0.1, -0.05) is 6.92 Å². The van der Waals surface area contributed by atoms with E-state index in [-0.39, 0.29) is 5.25 Å². The molecule has 2 N–H and O–H groups in total. The van der Waals surface area contributed by atoms with E-state index in [9.17, 15) is 8.42 Å². The van der Waals surface area contributed by atoms with Crippen LogP contribution in [0.4, 0.5) is 0 Å². The summed E-state index contributed by atoms with van der Waals surface area (Å²) < 4.78 is 31.6. The Hall–Kier alpha value is -0.170. The molecule has 1 aliphatic heterocycles. The van der Waals surface area contributed by atoms with Crippen molar-refractivity contribution in [2.75, 3.05) is 32.8 Å². The van der Waals surface area contributed by atoms with Crippen LogP contribution >= 0.6 is 0 Å². The second-order valence-corrected chi connectivity index (χ2v) is 6.76. The Balaban J connectivity index is 2.23. The Morgan fingerprint density at radius 2 is 2.24 bits per heavy atom. The first-order valence-corrected chi connectivity index (χ1v) is 7.87. The molecule has 0 saturated carbocycles. The number of sulfonamides is 1. The van der Waals surface area contributed by atoms with Crippen LogP contribution in [-0.2, 0) is 14.8 Å². The van der Waals surface area contributed by atoms with Gasteiger partial charge in [-0.2, -0.15) is 0 Å². The van der Waals surface area contributed by atoms with Gasteiger partial charge in [0.15, 0.2) is 0 Å². The van der Waals surface area contributed by atoms with Crippen LogP contribution in [0.5, 0.6) is 0 Å². The van der Waals surface area contributed by atoms with Crippen molar-refractivity contribution in [2.24, 2.45) is 5.92 Å². The fourth-order valence-corrected chi connectivity index (χ4v) is 2.84. The molecule has 1 fully saturated rings. The molecular weight excluding hydrogens is 240 g/mol. The number of hydrogen-bond donors (Lipinski definition) is 2. The zero-order valence-corrected chi connectivity index (χ0v) is 11.6. The summed E-state index contributed by atoms with van der Waals surface area (Å²) in [5, 5.41) is 2.66. The monoisotopic (exact) mass is 264 g/mol. The summed E-state index contributed by atoms with van der Waals surface area (Å²) in [5.41, 5.74) is 0. The van der Waals surface area contributed by atoms with Crippen LogP contribution in [0.2, 0.25) is 0 Å². The third-order valence-electron chi connectivity index (χ3n) is 3.09. The Bertz CT molecular complexity index is 300. The molecule has 1 heterocycles. The summed E-state index contributed by atoms with van der Waals surface area (Å²) in [7, 11) is -3.18. The summed E-state index contributed by atoms with van der Waals surface area (Å²) in [6.45, 7) is 7.09. The molecule has 0 aliphatic carbocycles. The Morgan fingerprint density at radius 1 is 1.47 bits per heavy atom. The molecule has 0 aromatic carbocycles. The molecule has 0 radical (unpaired) electrons. The highest BCUT2D eigenvalue weighted by Crippen LogP contribution is 2.15. The van der Waals surface area contributed by atoms with E-state index < -0.39 is 10.0 Å². The van der Waals surface area contributed by atoms with Crippen molar-refractivity contribution in [3.63, 3.8) is 0 Å². The maximum atomic E-state index is 11.8. The third-order valence-corrected chi connectivity index (χ3v) is 4.92. The van der Waals surface area contributed by atoms with Crippen LogP contribution in [0.3, 0.4) is 0 Å². The van der Waals surface area contributed by atoms with Gasteiger partial charge in [0.2, 0.25) is 10.0 Å². The predicted octanol–water partition coefficient (Wildman–Crippen LogP) is 0.330. The molecule has 102 valence electrons. The van der Waals surface area contributed by atoms with Gasteiger partial charge >= 0.3 is 0 Å². The van der Waals surface area contributed by atoms with E-state index >= 15 is 0 Å². The zero-order valence-electron chi connectivity index (χ0n) is 10.7. The molecule has 2 atom stereocenters. The van der Waals surface area contributed by atoms with Crippen molar-refractivity contribution in [3.05, 3.63) is 0 Å². The quantitative estimate of drug-likeness (QED) is 0.663. The van der Waals surface area contributed by atoms with Crippen molar-refractivity contribution in [1.82, 2.24) is 10.0 Å². The standard InChI is InChI=1S/C11H24N2O3S/c1-3-12-8-10(2)17(14,15)13-6-4-11-5-7-16-9-11/h10-13H,3-9H2,1-2H3. The van der Waals surface area contributed by atoms with Crippen molar-refractivity contribution in [1.29, 1.82) is 0 Å². The summed E-state index contributed by atoms with van der Waals surface area (Å²) >= 11 is 0. The highest BCUT2D eigenvalue weighted by atomic mass is 32.2. The predicted molar refractivity (Wildman–Crippen MR) is 68.5 cm³/mol. The molecule has 0 bridgehead atoms. The topological polar surface area (TPSA) is 67.4 Å². The number of hydrogen-bond acceptors (Lipinski definition) is 4. The minimum Gasteiger partial charge on any atom is -0.381 e. The van der Waals surface area contributed by atoms with Crippen molar-refractivity contribution in [3.8, 4) is 0 Å². The molecule has 17 heavy (non-hydrogen) atoms. The first-order valence-electron chi connectivity index (χ1n) is 6.33. The lowest BCUT2D eigenvalue weighted by atomic mass is 10.1. The molecule has 6 heteroatoms. The van der Waals surface area contributed by atoms with Crippen LogP contribution in [0.1, 0.15) is 26.7 Å². The van der Waals surface area contributed by atoms with E-state index in [0.29, 0.717) is 19.0 Å². The molecule has 5 nitrogen and oxygen atoms in total. The lowest BCUT2D eigenvalue weighted by Crippen LogP contribution is -2.39. The first-order chi connectivity index (χ1) is 8.06. The highest BCUT2D eigenvalue weighted by Gasteiger charge is 2.21. The van der Waals surface area contributed by atoms with Crippen LogP contribution in [-0.4, -0.2) is 46.5 Å². The fraction of sp³-hybridized carbons (Fsp3) is 1.00. The molecule has 2 unspecified atom stereocenters. The average Bonchev–Trinajstić information content (AvgIpc) is 2.78. The minimum absolute atomic E-state index is 0.387. The average molecular weight is 264 g/mol. The maximum Gasteiger partial charge on any atom is 0.215 e. The molecule has 0 aromatic heterocycles. The van der Waals surface area contributed by atoms with E-state index in [1.165, 1.54) is 0 Å². The van der Waals surface area contributed by atoms with E-state index in [4.69, 9.17) is 4.74 Å². The van der Waals surface area contributed by atoms with Crippen LogP contribution in [0.15, 0.2) is 0 Å². The maximum absolute atomic E-state index is 11.8. The zero-order chi connectivity index (χ0) is 12.7. The highest BCUT2D eigenvalue weighted by molar-refractivity contribution is 7.90. The van der Waals surface area contributed by atoms with Crippen LogP contribution < -0.4 is 10.0 Å². The van der Waals surface area contributed by atoms with E-state index in [1.54, 1.807) is 6.92 Å². The molecular formula is C11H24N2O3S. The second kappa shape index (κ2) is 7.31. The van der Waals surface area contributed by atoms with E-state index in [0.717, 1.165) is 32.6 Å². The lowest BCUT2D eigenvalue weighted by molar-refractivity contribution is 0.184. The summed E-state index contributed by atoms with van der Waals surface area (Å²) in [4.78, 5) is 0. The Labute approximate surface area is 104 Å². The molecule has 1 aliphatic rings. The smallest absolute Gasteiger partial charge is 0.215 e. The molecule has 0 amide bonds. The van der Waals surface area contributed by atoms with Gasteiger partial charge in [-0.05, 0) is 32.2 Å². The lowest BCUT2D eigenvalue weighted by Gasteiger charge is -2.15. The van der Waals surface area contributed by atoms with Gasteiger partial charge < -0.3 is 10.1 Å². The molecule has 1 rings (SSSR count). The minimum atomic E-state index is -3.18. The van der Waals surface area contributed by atoms with Crippen molar-refractivity contribution in [2.45, 2.75) is 31.9 Å². The molecule has 0 spiro atoms. The van der Waals surface area contributed by atoms with E-state index in [1.807, 2.05) is 6.92 Å². The second-order valence-electron chi connectivity index (χ2n) is 4.58. The van der Waals surface area contributed by atoms with Crippen molar-refractivity contribution >= 4 is 10.0 Å². The fourth-order valence-electron chi connectivity index (χ4n) is 1.82. The normalized spacial score (nSPS) is 22.8. The van der Waals surface area contributed by atoms with Gasteiger partial charge in [0.05, 0.1) is 5.25 Å². The number of nitrogens with one attached hydrogen (secondary N) is 2. The Kier molecular flexibility index (Phi) is 6.40. The van der Waals surface area contributed by atoms with Crippen LogP contribution in [0.25, 0.3) is 0 Å². The molecule has 0 aromatic rings.